The molecule has 154 valence electrons. The van der Waals surface area contributed by atoms with Crippen LogP contribution in [0.5, 0.6) is 5.75 Å². The van der Waals surface area contributed by atoms with Crippen molar-refractivity contribution in [2.75, 3.05) is 13.4 Å². The molecule has 0 atom stereocenters. The zero-order valence-corrected chi connectivity index (χ0v) is 18.3. The van der Waals surface area contributed by atoms with Gasteiger partial charge >= 0.3 is 0 Å². The third kappa shape index (κ3) is 3.58. The summed E-state index contributed by atoms with van der Waals surface area (Å²) < 4.78 is 33.6. The lowest BCUT2D eigenvalue weighted by Crippen LogP contribution is -2.04. The first kappa shape index (κ1) is 20.5. The van der Waals surface area contributed by atoms with E-state index in [2.05, 4.69) is 10.1 Å². The van der Waals surface area contributed by atoms with Gasteiger partial charge in [-0.1, -0.05) is 29.3 Å². The first-order valence-corrected chi connectivity index (χ1v) is 11.4. The molecule has 0 radical (unpaired) electrons. The Balaban J connectivity index is 2.15. The van der Waals surface area contributed by atoms with Crippen molar-refractivity contribution in [1.82, 2.24) is 19.3 Å². The predicted octanol–water partition coefficient (Wildman–Crippen LogP) is 4.44. The molecule has 2 aromatic carbocycles. The molecule has 0 saturated carbocycles. The maximum absolute atomic E-state index is 12.7. The number of aromatic nitrogens is 4. The van der Waals surface area contributed by atoms with Crippen LogP contribution in [0.15, 0.2) is 66.2 Å². The number of methoxy groups -OCH3 is 1. The van der Waals surface area contributed by atoms with E-state index in [1.54, 1.807) is 54.4 Å². The van der Waals surface area contributed by atoms with Gasteiger partial charge in [-0.05, 0) is 36.4 Å². The molecule has 0 aliphatic carbocycles. The van der Waals surface area contributed by atoms with Crippen LogP contribution < -0.4 is 4.74 Å². The minimum Gasteiger partial charge on any atom is -0.497 e. The Morgan fingerprint density at radius 3 is 2.20 bits per heavy atom. The zero-order valence-electron chi connectivity index (χ0n) is 16.0. The van der Waals surface area contributed by atoms with Crippen molar-refractivity contribution in [3.63, 3.8) is 0 Å². The molecule has 0 saturated heterocycles. The Kier molecular flexibility index (Phi) is 5.31. The Hall–Kier alpha value is -2.81. The highest BCUT2D eigenvalue weighted by Gasteiger charge is 2.29. The smallest absolute Gasteiger partial charge is 0.201 e. The summed E-state index contributed by atoms with van der Waals surface area (Å²) in [7, 11) is -2.14. The van der Waals surface area contributed by atoms with E-state index in [1.807, 2.05) is 12.1 Å². The van der Waals surface area contributed by atoms with Gasteiger partial charge in [0.2, 0.25) is 5.03 Å². The highest BCUT2D eigenvalue weighted by atomic mass is 35.5. The van der Waals surface area contributed by atoms with E-state index < -0.39 is 9.84 Å². The topological polar surface area (TPSA) is 79.0 Å². The summed E-state index contributed by atoms with van der Waals surface area (Å²) in [5.74, 6) is 0.660. The van der Waals surface area contributed by atoms with Crippen LogP contribution in [0.2, 0.25) is 10.0 Å². The number of hydrogen-bond donors (Lipinski definition) is 0. The molecule has 7 nitrogen and oxygen atoms in total. The average Bonchev–Trinajstić information content (AvgIpc) is 3.35. The van der Waals surface area contributed by atoms with Gasteiger partial charge in [0.25, 0.3) is 0 Å². The van der Waals surface area contributed by atoms with Gasteiger partial charge in [0, 0.05) is 24.2 Å². The van der Waals surface area contributed by atoms with Gasteiger partial charge in [-0.25, -0.2) is 18.1 Å². The number of sulfone groups is 1. The number of imidazole rings is 1. The monoisotopic (exact) mass is 462 g/mol. The molecule has 0 amide bonds. The Morgan fingerprint density at radius 1 is 1.00 bits per heavy atom. The van der Waals surface area contributed by atoms with Crippen LogP contribution >= 0.6 is 23.2 Å². The molecule has 30 heavy (non-hydrogen) atoms. The van der Waals surface area contributed by atoms with E-state index in [0.717, 1.165) is 6.26 Å². The molecule has 0 bridgehead atoms. The maximum Gasteiger partial charge on any atom is 0.201 e. The number of hydrogen-bond acceptors (Lipinski definition) is 5. The minimum absolute atomic E-state index is 0.123. The van der Waals surface area contributed by atoms with Crippen molar-refractivity contribution >= 4 is 33.0 Å². The average molecular weight is 463 g/mol. The number of nitrogens with zero attached hydrogens (tertiary/aromatic N) is 4. The minimum atomic E-state index is -3.71. The van der Waals surface area contributed by atoms with Gasteiger partial charge in [-0.2, -0.15) is 5.10 Å². The lowest BCUT2D eigenvalue weighted by Gasteiger charge is -2.13. The standard InChI is InChI=1S/C20H16Cl2N4O3S/c1-29-14-8-6-13(7-9-14)17-19(25-11-10-23-12-25)20(30(2,27)28)24-26(17)18-15(21)4-3-5-16(18)22/h3-12H,1-2H3. The Labute approximate surface area is 183 Å². The molecular formula is C20H16Cl2N4O3S. The van der Waals surface area contributed by atoms with Gasteiger partial charge in [-0.15, -0.1) is 0 Å². The number of rotatable bonds is 5. The van der Waals surface area contributed by atoms with Gasteiger partial charge in [-0.3, -0.25) is 0 Å². The number of benzene rings is 2. The summed E-state index contributed by atoms with van der Waals surface area (Å²) in [6.07, 6.45) is 5.82. The SMILES string of the molecule is COc1ccc(-c2c(-n3ccnc3)c(S(C)(=O)=O)nn2-c2c(Cl)cccc2Cl)cc1. The van der Waals surface area contributed by atoms with Crippen molar-refractivity contribution in [2.24, 2.45) is 0 Å². The molecule has 0 fully saturated rings. The highest BCUT2D eigenvalue weighted by Crippen LogP contribution is 2.38. The second-order valence-corrected chi connectivity index (χ2v) is 9.20. The van der Waals surface area contributed by atoms with Crippen LogP contribution in [0, 0.1) is 0 Å². The van der Waals surface area contributed by atoms with Crippen molar-refractivity contribution < 1.29 is 13.2 Å². The van der Waals surface area contributed by atoms with Crippen LogP contribution in [0.1, 0.15) is 0 Å². The normalized spacial score (nSPS) is 11.6. The van der Waals surface area contributed by atoms with Crippen molar-refractivity contribution in [3.05, 3.63) is 71.2 Å². The second-order valence-electron chi connectivity index (χ2n) is 6.46. The van der Waals surface area contributed by atoms with Crippen LogP contribution in [0.4, 0.5) is 0 Å². The van der Waals surface area contributed by atoms with Gasteiger partial charge in [0.1, 0.15) is 17.1 Å². The van der Waals surface area contributed by atoms with Crippen molar-refractivity contribution in [2.45, 2.75) is 5.03 Å². The lowest BCUT2D eigenvalue weighted by atomic mass is 10.1. The first-order chi connectivity index (χ1) is 14.3. The Morgan fingerprint density at radius 2 is 1.67 bits per heavy atom. The van der Waals surface area contributed by atoms with Crippen molar-refractivity contribution in [3.8, 4) is 28.4 Å². The lowest BCUT2D eigenvalue weighted by molar-refractivity contribution is 0.415. The molecule has 2 aromatic heterocycles. The molecule has 0 N–H and O–H groups in total. The molecule has 10 heteroatoms. The quantitative estimate of drug-likeness (QED) is 0.437. The molecular weight excluding hydrogens is 447 g/mol. The summed E-state index contributed by atoms with van der Waals surface area (Å²) in [5.41, 5.74) is 1.91. The number of ether oxygens (including phenoxy) is 1. The predicted molar refractivity (Wildman–Crippen MR) is 116 cm³/mol. The Bertz CT molecular complexity index is 1290. The zero-order chi connectivity index (χ0) is 21.5. The fraction of sp³-hybridized carbons (Fsp3) is 0.100. The fourth-order valence-electron chi connectivity index (χ4n) is 3.12. The summed E-state index contributed by atoms with van der Waals surface area (Å²) in [6, 6.07) is 12.2. The van der Waals surface area contributed by atoms with E-state index in [1.165, 1.54) is 11.0 Å². The third-order valence-corrected chi connectivity index (χ3v) is 6.04. The molecule has 0 unspecified atom stereocenters. The number of halogens is 2. The summed E-state index contributed by atoms with van der Waals surface area (Å²) in [5, 5.41) is 4.97. The maximum atomic E-state index is 12.7. The van der Waals surface area contributed by atoms with Crippen LogP contribution in [-0.2, 0) is 9.84 Å². The van der Waals surface area contributed by atoms with E-state index >= 15 is 0 Å². The van der Waals surface area contributed by atoms with Gasteiger partial charge < -0.3 is 9.30 Å². The van der Waals surface area contributed by atoms with Crippen LogP contribution in [0.3, 0.4) is 0 Å². The largest absolute Gasteiger partial charge is 0.497 e. The molecule has 2 heterocycles. The van der Waals surface area contributed by atoms with Gasteiger partial charge in [0.15, 0.2) is 9.84 Å². The fourth-order valence-corrected chi connectivity index (χ4v) is 4.47. The highest BCUT2D eigenvalue weighted by molar-refractivity contribution is 7.90. The summed E-state index contributed by atoms with van der Waals surface area (Å²) >= 11 is 12.9. The van der Waals surface area contributed by atoms with E-state index in [-0.39, 0.29) is 5.03 Å². The molecule has 0 aliphatic rings. The number of para-hydroxylation sites is 1. The first-order valence-electron chi connectivity index (χ1n) is 8.71. The molecule has 4 rings (SSSR count). The summed E-state index contributed by atoms with van der Waals surface area (Å²) in [4.78, 5) is 4.06. The van der Waals surface area contributed by atoms with E-state index in [4.69, 9.17) is 27.9 Å². The van der Waals surface area contributed by atoms with Crippen LogP contribution in [0.25, 0.3) is 22.6 Å². The van der Waals surface area contributed by atoms with Crippen molar-refractivity contribution in [1.29, 1.82) is 0 Å². The molecule has 0 aliphatic heterocycles. The second kappa shape index (κ2) is 7.79. The summed E-state index contributed by atoms with van der Waals surface area (Å²) in [6.45, 7) is 0. The van der Waals surface area contributed by atoms with E-state index in [9.17, 15) is 8.42 Å². The van der Waals surface area contributed by atoms with E-state index in [0.29, 0.717) is 38.4 Å². The molecule has 0 spiro atoms. The molecule has 4 aromatic rings. The third-order valence-electron chi connectivity index (χ3n) is 4.46. The van der Waals surface area contributed by atoms with Crippen LogP contribution in [-0.4, -0.2) is 41.1 Å². The van der Waals surface area contributed by atoms with Gasteiger partial charge in [0.05, 0.1) is 29.2 Å².